The Kier molecular flexibility index (Phi) is 36.0. The molecule has 500 valence electrons. The fourth-order valence-electron chi connectivity index (χ4n) is 9.15. The van der Waals surface area contributed by atoms with Gasteiger partial charge < -0.3 is 70.1 Å². The lowest BCUT2D eigenvalue weighted by Gasteiger charge is -2.35. The number of amides is 4. The van der Waals surface area contributed by atoms with Crippen LogP contribution in [-0.4, -0.2) is 250 Å². The number of nitrogens with one attached hydrogen (secondary N) is 4. The Hall–Kier alpha value is -6.49. The summed E-state index contributed by atoms with van der Waals surface area (Å²) in [5.74, 6) is -17.3. The molecule has 0 aliphatic carbocycles. The Balaban J connectivity index is 1.67. The van der Waals surface area contributed by atoms with E-state index in [0.717, 1.165) is 21.2 Å². The molecule has 4 amide bonds. The zero-order valence-electron chi connectivity index (χ0n) is 50.5. The van der Waals surface area contributed by atoms with Gasteiger partial charge in [-0.15, -0.1) is 0 Å². The van der Waals surface area contributed by atoms with E-state index in [2.05, 4.69) is 41.9 Å². The molecule has 3 atom stereocenters. The van der Waals surface area contributed by atoms with Crippen LogP contribution in [0, 0.1) is 44.0 Å². The molecule has 0 aromatic heterocycles. The first-order valence-corrected chi connectivity index (χ1v) is 29.8. The molecule has 0 bridgehead atoms. The number of ether oxygens (including phenoxy) is 6. The highest BCUT2D eigenvalue weighted by Crippen LogP contribution is 2.31. The van der Waals surface area contributed by atoms with Gasteiger partial charge in [-0.3, -0.25) is 62.8 Å². The van der Waals surface area contributed by atoms with Crippen LogP contribution in [0.4, 0.5) is 23.2 Å². The van der Waals surface area contributed by atoms with Gasteiger partial charge in [0.1, 0.15) is 12.1 Å². The minimum Gasteiger partial charge on any atom is -0.480 e. The number of hydrogen-bond acceptors (Lipinski definition) is 19. The largest absolute Gasteiger partial charge is 0.480 e. The van der Waals surface area contributed by atoms with Gasteiger partial charge in [-0.1, -0.05) is 22.0 Å². The van der Waals surface area contributed by atoms with Crippen molar-refractivity contribution in [1.82, 2.24) is 35.6 Å². The number of anilines is 1. The standard InChI is InChI=1S/C57H83BrF4N8O19/c1-5-84-24-25-86-26-27-87-35-46(65-43(71)8-6-7-9-50(80)89-55-52(61)39(59)31-40(60)53(55)62)88-29-28-85-23-14-63-56(81)41(10-12-45(73)66-54-37(3)30-36(2)51(58)38(54)4)64-44(72)13-11-42(57(82)83)70-21-19-68(33-48(76)77)17-15-67(32-47(74)75)16-18-69(20-22-70)34-49(78)79/h30-31,41-42,46H,5-29,32-35H2,1-4H3,(H,63,81)(H,64,72)(H,65,71)(H,66,73)(H,74,75)(H,76,77)(H,78,79)(H,82,83)/t41-,42?,46?/m0/s1. The van der Waals surface area contributed by atoms with E-state index in [1.807, 2.05) is 33.8 Å². The van der Waals surface area contributed by atoms with Crippen LogP contribution in [0.25, 0.3) is 0 Å². The van der Waals surface area contributed by atoms with Crippen LogP contribution < -0.4 is 26.0 Å². The summed E-state index contributed by atoms with van der Waals surface area (Å²) in [6, 6.07) is -0.831. The van der Waals surface area contributed by atoms with E-state index in [1.54, 1.807) is 4.90 Å². The first-order chi connectivity index (χ1) is 42.3. The third kappa shape index (κ3) is 30.3. The molecule has 0 saturated carbocycles. The first-order valence-electron chi connectivity index (χ1n) is 29.0. The molecule has 3 rings (SSSR count). The Labute approximate surface area is 521 Å². The second-order valence-electron chi connectivity index (χ2n) is 20.7. The molecule has 0 spiro atoms. The smallest absolute Gasteiger partial charge is 0.320 e. The van der Waals surface area contributed by atoms with Crippen LogP contribution in [0.5, 0.6) is 5.75 Å². The molecule has 89 heavy (non-hydrogen) atoms. The fraction of sp³-hybridized carbons (Fsp3) is 0.632. The second-order valence-corrected chi connectivity index (χ2v) is 21.5. The normalized spacial score (nSPS) is 15.0. The molecule has 1 heterocycles. The number of aryl methyl sites for hydroxylation is 2. The molecule has 1 fully saturated rings. The number of rotatable bonds is 40. The van der Waals surface area contributed by atoms with E-state index in [0.29, 0.717) is 25.5 Å². The van der Waals surface area contributed by atoms with Gasteiger partial charge in [-0.05, 0) is 70.1 Å². The highest BCUT2D eigenvalue weighted by atomic mass is 79.9. The second kappa shape index (κ2) is 41.7. The number of carboxylic acids is 4. The van der Waals surface area contributed by atoms with E-state index in [9.17, 15) is 81.1 Å². The predicted molar refractivity (Wildman–Crippen MR) is 313 cm³/mol. The van der Waals surface area contributed by atoms with E-state index < -0.39 is 127 Å². The summed E-state index contributed by atoms with van der Waals surface area (Å²) in [5, 5.41) is 50.2. The molecular formula is C57H83BrF4N8O19. The van der Waals surface area contributed by atoms with E-state index >= 15 is 0 Å². The van der Waals surface area contributed by atoms with Crippen molar-refractivity contribution in [1.29, 1.82) is 0 Å². The summed E-state index contributed by atoms with van der Waals surface area (Å²) in [4.78, 5) is 121. The maximum Gasteiger partial charge on any atom is 0.320 e. The highest BCUT2D eigenvalue weighted by Gasteiger charge is 2.31. The third-order valence-corrected chi connectivity index (χ3v) is 14.9. The zero-order valence-corrected chi connectivity index (χ0v) is 52.1. The molecule has 0 radical (unpaired) electrons. The Morgan fingerprint density at radius 2 is 1.10 bits per heavy atom. The number of unbranched alkanes of at least 4 members (excludes halogenated alkanes) is 1. The maximum atomic E-state index is 14.0. The Bertz CT molecular complexity index is 2610. The van der Waals surface area contributed by atoms with Gasteiger partial charge in [0, 0.05) is 107 Å². The van der Waals surface area contributed by atoms with Crippen molar-refractivity contribution in [3.05, 3.63) is 56.6 Å². The van der Waals surface area contributed by atoms with Crippen LogP contribution in [0.3, 0.4) is 0 Å². The number of hydrogen-bond donors (Lipinski definition) is 8. The lowest BCUT2D eigenvalue weighted by atomic mass is 10.0. The number of halogens is 5. The topological polar surface area (TPSA) is 351 Å². The van der Waals surface area contributed by atoms with Gasteiger partial charge in [0.05, 0.1) is 72.5 Å². The maximum absolute atomic E-state index is 14.0. The van der Waals surface area contributed by atoms with Gasteiger partial charge in [0.15, 0.2) is 17.9 Å². The van der Waals surface area contributed by atoms with E-state index in [4.69, 9.17) is 23.7 Å². The summed E-state index contributed by atoms with van der Waals surface area (Å²) >= 11 is 3.54. The van der Waals surface area contributed by atoms with Crippen molar-refractivity contribution in [2.45, 2.75) is 97.4 Å². The number of carboxylic acid groups (broad SMARTS) is 4. The monoisotopic (exact) mass is 1340 g/mol. The zero-order chi connectivity index (χ0) is 66.0. The van der Waals surface area contributed by atoms with Crippen molar-refractivity contribution in [2.75, 3.05) is 143 Å². The van der Waals surface area contributed by atoms with Gasteiger partial charge >= 0.3 is 29.8 Å². The minimum atomic E-state index is -1.88. The van der Waals surface area contributed by atoms with Crippen molar-refractivity contribution in [2.24, 2.45) is 0 Å². The van der Waals surface area contributed by atoms with Crippen molar-refractivity contribution >= 4 is 75.1 Å². The number of nitrogens with zero attached hydrogens (tertiary/aromatic N) is 4. The van der Waals surface area contributed by atoms with Gasteiger partial charge in [0.25, 0.3) is 0 Å². The van der Waals surface area contributed by atoms with Gasteiger partial charge in [-0.25, -0.2) is 8.78 Å². The summed E-state index contributed by atoms with van der Waals surface area (Å²) in [6.07, 6.45) is -2.79. The molecule has 2 unspecified atom stereocenters. The summed E-state index contributed by atoms with van der Waals surface area (Å²) in [5.41, 5.74) is 3.04. The summed E-state index contributed by atoms with van der Waals surface area (Å²) in [7, 11) is 0. The Morgan fingerprint density at radius 1 is 0.596 bits per heavy atom. The van der Waals surface area contributed by atoms with Crippen LogP contribution in [0.15, 0.2) is 16.6 Å². The number of carbonyl (C=O) groups excluding carboxylic acids is 5. The van der Waals surface area contributed by atoms with E-state index in [1.165, 1.54) is 14.7 Å². The number of benzene rings is 2. The van der Waals surface area contributed by atoms with Crippen LogP contribution in [-0.2, 0) is 66.8 Å². The van der Waals surface area contributed by atoms with Gasteiger partial charge in [0.2, 0.25) is 41.0 Å². The molecule has 2 aromatic rings. The lowest BCUT2D eigenvalue weighted by molar-refractivity contribution is -0.145. The van der Waals surface area contributed by atoms with Crippen LogP contribution in [0.2, 0.25) is 0 Å². The Morgan fingerprint density at radius 3 is 1.66 bits per heavy atom. The molecule has 8 N–H and O–H groups in total. The van der Waals surface area contributed by atoms with Crippen molar-refractivity contribution in [3.63, 3.8) is 0 Å². The average Bonchev–Trinajstić information content (AvgIpc) is 2.72. The SMILES string of the molecule is CCOCCOCCOCC(NC(=O)CCCCC(=O)Oc1c(F)c(F)cc(F)c1F)OCCOCCNC(=O)[C@H](CCC(=O)Nc1c(C)cc(C)c(Br)c1C)NC(=O)CCC(C(=O)O)N1CCN(CC(=O)O)CCN(CC(=O)O)CCN(CC(=O)O)CC1. The number of carbonyl (C=O) groups is 9. The molecule has 1 aliphatic rings. The first kappa shape index (κ1) is 76.8. The summed E-state index contributed by atoms with van der Waals surface area (Å²) < 4.78 is 88.1. The lowest BCUT2D eigenvalue weighted by Crippen LogP contribution is -2.52. The van der Waals surface area contributed by atoms with Crippen molar-refractivity contribution in [3.8, 4) is 5.75 Å². The molecule has 1 aliphatic heterocycles. The average molecular weight is 1340 g/mol. The third-order valence-electron chi connectivity index (χ3n) is 13.7. The number of aliphatic carboxylic acids is 4. The van der Waals surface area contributed by atoms with Crippen LogP contribution in [0.1, 0.15) is 75.0 Å². The summed E-state index contributed by atoms with van der Waals surface area (Å²) in [6.45, 7) is 7.44. The number of esters is 1. The molecule has 1 saturated heterocycles. The molecule has 2 aromatic carbocycles. The molecule has 32 heteroatoms. The highest BCUT2D eigenvalue weighted by molar-refractivity contribution is 9.10. The van der Waals surface area contributed by atoms with Crippen molar-refractivity contribution < 1.29 is 110 Å². The fourth-order valence-corrected chi connectivity index (χ4v) is 9.46. The van der Waals surface area contributed by atoms with E-state index in [-0.39, 0.29) is 150 Å². The molecule has 27 nitrogen and oxygen atoms in total. The quantitative estimate of drug-likeness (QED) is 0.0119. The minimum absolute atomic E-state index is 0.0147. The molecular weight excluding hydrogens is 1260 g/mol. The van der Waals surface area contributed by atoms with Gasteiger partial charge in [-0.2, -0.15) is 8.78 Å². The predicted octanol–water partition coefficient (Wildman–Crippen LogP) is 2.67. The van der Waals surface area contributed by atoms with Crippen LogP contribution >= 0.6 is 15.9 Å².